The van der Waals surface area contributed by atoms with Crippen molar-refractivity contribution >= 4 is 6.03 Å². The molecule has 1 aliphatic heterocycles. The molecule has 2 bridgehead atoms. The van der Waals surface area contributed by atoms with Crippen LogP contribution in [-0.4, -0.2) is 30.6 Å². The summed E-state index contributed by atoms with van der Waals surface area (Å²) in [6.45, 7) is 2.85. The second-order valence-corrected chi connectivity index (χ2v) is 5.82. The predicted molar refractivity (Wildman–Crippen MR) is 63.1 cm³/mol. The number of carbonyl (C=O) groups is 1. The largest absolute Gasteiger partial charge is 0.338 e. The first kappa shape index (κ1) is 10.4. The van der Waals surface area contributed by atoms with E-state index in [0.29, 0.717) is 0 Å². The van der Waals surface area contributed by atoms with Crippen molar-refractivity contribution in [2.45, 2.75) is 38.5 Å². The highest BCUT2D eigenvalue weighted by atomic mass is 16.2. The van der Waals surface area contributed by atoms with Crippen molar-refractivity contribution in [3.63, 3.8) is 0 Å². The summed E-state index contributed by atoms with van der Waals surface area (Å²) in [4.78, 5) is 13.8. The molecule has 3 fully saturated rings. The highest BCUT2D eigenvalue weighted by molar-refractivity contribution is 5.74. The molecular weight excluding hydrogens is 200 g/mol. The van der Waals surface area contributed by atoms with Crippen LogP contribution in [0.2, 0.25) is 0 Å². The Bertz CT molecular complexity index is 273. The van der Waals surface area contributed by atoms with Crippen LogP contribution in [0.25, 0.3) is 0 Å². The molecule has 1 saturated heterocycles. The van der Waals surface area contributed by atoms with E-state index in [1.807, 2.05) is 4.90 Å². The van der Waals surface area contributed by atoms with Crippen LogP contribution in [0.1, 0.15) is 38.5 Å². The summed E-state index contributed by atoms with van der Waals surface area (Å²) in [5.74, 6) is 2.69. The Morgan fingerprint density at radius 1 is 1.19 bits per heavy atom. The molecule has 1 heterocycles. The average molecular weight is 222 g/mol. The Balaban J connectivity index is 1.44. The quantitative estimate of drug-likeness (QED) is 0.763. The summed E-state index contributed by atoms with van der Waals surface area (Å²) in [5.41, 5.74) is 0. The molecule has 0 aromatic heterocycles. The first-order valence-electron chi connectivity index (χ1n) is 6.85. The van der Waals surface area contributed by atoms with Crippen LogP contribution in [0.5, 0.6) is 0 Å². The Hall–Kier alpha value is -0.730. The molecule has 16 heavy (non-hydrogen) atoms. The fourth-order valence-corrected chi connectivity index (χ4v) is 3.88. The zero-order valence-electron chi connectivity index (χ0n) is 9.95. The topological polar surface area (TPSA) is 32.3 Å². The number of fused-ring (bicyclic) bond motifs is 2. The summed E-state index contributed by atoms with van der Waals surface area (Å²) in [5, 5.41) is 3.14. The number of nitrogens with zero attached hydrogens (tertiary/aromatic N) is 1. The molecule has 2 aliphatic carbocycles. The third-order valence-corrected chi connectivity index (χ3v) is 4.79. The van der Waals surface area contributed by atoms with Crippen molar-refractivity contribution in [2.75, 3.05) is 19.6 Å². The maximum atomic E-state index is 11.8. The molecule has 0 radical (unpaired) electrons. The maximum Gasteiger partial charge on any atom is 0.317 e. The Morgan fingerprint density at radius 2 is 2.00 bits per heavy atom. The van der Waals surface area contributed by atoms with Crippen molar-refractivity contribution in [1.29, 1.82) is 0 Å². The summed E-state index contributed by atoms with van der Waals surface area (Å²) in [6.07, 6.45) is 8.02. The van der Waals surface area contributed by atoms with E-state index in [0.717, 1.165) is 37.4 Å². The van der Waals surface area contributed by atoms with Crippen LogP contribution < -0.4 is 5.32 Å². The normalized spacial score (nSPS) is 37.0. The standard InChI is InChI=1S/C13H22N2O/c16-13(15-5-1-2-6-15)14-9-12-8-10-3-4-11(12)7-10/h10-12H,1-9H2,(H,14,16). The number of hydrogen-bond donors (Lipinski definition) is 1. The second-order valence-electron chi connectivity index (χ2n) is 5.82. The zero-order valence-corrected chi connectivity index (χ0v) is 9.95. The smallest absolute Gasteiger partial charge is 0.317 e. The van der Waals surface area contributed by atoms with Gasteiger partial charge in [0, 0.05) is 19.6 Å². The molecule has 3 atom stereocenters. The lowest BCUT2D eigenvalue weighted by Gasteiger charge is -2.23. The van der Waals surface area contributed by atoms with Crippen LogP contribution in [-0.2, 0) is 0 Å². The van der Waals surface area contributed by atoms with Crippen molar-refractivity contribution in [3.05, 3.63) is 0 Å². The molecule has 3 aliphatic rings. The molecule has 3 rings (SSSR count). The van der Waals surface area contributed by atoms with E-state index in [4.69, 9.17) is 0 Å². The van der Waals surface area contributed by atoms with Gasteiger partial charge in [-0.1, -0.05) is 6.42 Å². The van der Waals surface area contributed by atoms with E-state index in [9.17, 15) is 4.79 Å². The number of rotatable bonds is 2. The van der Waals surface area contributed by atoms with Gasteiger partial charge in [0.2, 0.25) is 0 Å². The van der Waals surface area contributed by atoms with Gasteiger partial charge in [0.05, 0.1) is 0 Å². The third kappa shape index (κ3) is 1.92. The first-order valence-corrected chi connectivity index (χ1v) is 6.85. The van der Waals surface area contributed by atoms with Crippen LogP contribution in [0.15, 0.2) is 0 Å². The van der Waals surface area contributed by atoms with Crippen molar-refractivity contribution in [2.24, 2.45) is 17.8 Å². The molecule has 2 saturated carbocycles. The Labute approximate surface area is 97.6 Å². The van der Waals surface area contributed by atoms with Gasteiger partial charge in [-0.05, 0) is 49.9 Å². The number of nitrogens with one attached hydrogen (secondary N) is 1. The van der Waals surface area contributed by atoms with E-state index < -0.39 is 0 Å². The van der Waals surface area contributed by atoms with Gasteiger partial charge in [0.15, 0.2) is 0 Å². The Morgan fingerprint density at radius 3 is 2.62 bits per heavy atom. The van der Waals surface area contributed by atoms with Crippen LogP contribution in [0, 0.1) is 17.8 Å². The summed E-state index contributed by atoms with van der Waals surface area (Å²) in [7, 11) is 0. The molecule has 1 N–H and O–H groups in total. The van der Waals surface area contributed by atoms with Crippen molar-refractivity contribution in [3.8, 4) is 0 Å². The highest BCUT2D eigenvalue weighted by Crippen LogP contribution is 2.47. The molecule has 3 nitrogen and oxygen atoms in total. The van der Waals surface area contributed by atoms with E-state index in [1.165, 1.54) is 38.5 Å². The molecule has 90 valence electrons. The van der Waals surface area contributed by atoms with Gasteiger partial charge in [-0.2, -0.15) is 0 Å². The molecule has 2 amide bonds. The lowest BCUT2D eigenvalue weighted by atomic mass is 9.89. The molecule has 0 aromatic rings. The number of carbonyl (C=O) groups excluding carboxylic acids is 1. The number of urea groups is 1. The van der Waals surface area contributed by atoms with Gasteiger partial charge in [-0.15, -0.1) is 0 Å². The summed E-state index contributed by atoms with van der Waals surface area (Å²) < 4.78 is 0. The minimum atomic E-state index is 0.181. The number of amides is 2. The average Bonchev–Trinajstić information content (AvgIpc) is 3.01. The highest BCUT2D eigenvalue weighted by Gasteiger charge is 2.39. The zero-order chi connectivity index (χ0) is 11.0. The third-order valence-electron chi connectivity index (χ3n) is 4.79. The van der Waals surface area contributed by atoms with Gasteiger partial charge in [0.25, 0.3) is 0 Å². The summed E-state index contributed by atoms with van der Waals surface area (Å²) in [6, 6.07) is 0.181. The molecule has 3 unspecified atom stereocenters. The van der Waals surface area contributed by atoms with Gasteiger partial charge in [0.1, 0.15) is 0 Å². The van der Waals surface area contributed by atoms with Gasteiger partial charge in [-0.25, -0.2) is 4.79 Å². The van der Waals surface area contributed by atoms with Crippen LogP contribution in [0.3, 0.4) is 0 Å². The minimum Gasteiger partial charge on any atom is -0.338 e. The predicted octanol–water partition coefficient (Wildman–Crippen LogP) is 2.23. The van der Waals surface area contributed by atoms with E-state index in [1.54, 1.807) is 0 Å². The number of hydrogen-bond acceptors (Lipinski definition) is 1. The van der Waals surface area contributed by atoms with Crippen LogP contribution in [0.4, 0.5) is 4.79 Å². The summed E-state index contributed by atoms with van der Waals surface area (Å²) >= 11 is 0. The molecule has 3 heteroatoms. The fourth-order valence-electron chi connectivity index (χ4n) is 3.88. The minimum absolute atomic E-state index is 0.181. The maximum absolute atomic E-state index is 11.8. The number of likely N-dealkylation sites (tertiary alicyclic amines) is 1. The molecular formula is C13H22N2O. The van der Waals surface area contributed by atoms with E-state index >= 15 is 0 Å². The fraction of sp³-hybridized carbons (Fsp3) is 0.923. The van der Waals surface area contributed by atoms with Crippen LogP contribution >= 0.6 is 0 Å². The van der Waals surface area contributed by atoms with Gasteiger partial charge >= 0.3 is 6.03 Å². The van der Waals surface area contributed by atoms with Crippen molar-refractivity contribution in [1.82, 2.24) is 10.2 Å². The first-order chi connectivity index (χ1) is 7.83. The lowest BCUT2D eigenvalue weighted by Crippen LogP contribution is -2.40. The second kappa shape index (κ2) is 4.27. The Kier molecular flexibility index (Phi) is 2.78. The van der Waals surface area contributed by atoms with E-state index in [2.05, 4.69) is 5.32 Å². The van der Waals surface area contributed by atoms with Gasteiger partial charge in [-0.3, -0.25) is 0 Å². The molecule has 0 spiro atoms. The van der Waals surface area contributed by atoms with E-state index in [-0.39, 0.29) is 6.03 Å². The van der Waals surface area contributed by atoms with Crippen molar-refractivity contribution < 1.29 is 4.79 Å². The monoisotopic (exact) mass is 222 g/mol. The van der Waals surface area contributed by atoms with Gasteiger partial charge < -0.3 is 10.2 Å². The lowest BCUT2D eigenvalue weighted by molar-refractivity contribution is 0.203. The SMILES string of the molecule is O=C(NCC1CC2CCC1C2)N1CCCC1. The molecule has 0 aromatic carbocycles.